The molecule has 0 spiro atoms. The summed E-state index contributed by atoms with van der Waals surface area (Å²) in [6, 6.07) is 18.8. The van der Waals surface area contributed by atoms with Crippen molar-refractivity contribution in [3.8, 4) is 22.0 Å². The van der Waals surface area contributed by atoms with Gasteiger partial charge >= 0.3 is 0 Å². The molecular weight excluding hydrogens is 1120 g/mol. The highest BCUT2D eigenvalue weighted by Gasteiger charge is 2.42. The minimum Gasteiger partial charge on any atom is -0.381 e. The van der Waals surface area contributed by atoms with E-state index in [1.807, 2.05) is 69.1 Å². The summed E-state index contributed by atoms with van der Waals surface area (Å²) in [5.41, 5.74) is 5.66. The number of anilines is 1. The van der Waals surface area contributed by atoms with E-state index in [4.69, 9.17) is 9.47 Å². The molecule has 7 rings (SSSR count). The molecule has 0 saturated carbocycles. The van der Waals surface area contributed by atoms with E-state index in [-0.39, 0.29) is 42.3 Å². The van der Waals surface area contributed by atoms with Gasteiger partial charge < -0.3 is 45.1 Å². The minimum atomic E-state index is -0.753. The van der Waals surface area contributed by atoms with Gasteiger partial charge in [-0.1, -0.05) is 70.0 Å². The highest BCUT2D eigenvalue weighted by Crippen LogP contribution is 2.29. The zero-order valence-electron chi connectivity index (χ0n) is 50.4. The maximum Gasteiger partial charge on any atom is 0.251 e. The van der Waals surface area contributed by atoms with E-state index in [2.05, 4.69) is 46.4 Å². The predicted octanol–water partition coefficient (Wildman–Crippen LogP) is 10.00. The van der Waals surface area contributed by atoms with Gasteiger partial charge in [-0.15, -0.1) is 21.5 Å². The van der Waals surface area contributed by atoms with Crippen LogP contribution in [0.25, 0.3) is 22.0 Å². The molecule has 5 amide bonds. The van der Waals surface area contributed by atoms with Crippen LogP contribution in [0.15, 0.2) is 90.8 Å². The fourth-order valence-corrected chi connectivity index (χ4v) is 11.0. The molecule has 1 fully saturated rings. The first kappa shape index (κ1) is 66.0. The van der Waals surface area contributed by atoms with Crippen molar-refractivity contribution in [1.29, 1.82) is 0 Å². The highest BCUT2D eigenvalue weighted by atomic mass is 32.1. The van der Waals surface area contributed by atoms with Crippen molar-refractivity contribution in [2.45, 2.75) is 156 Å². The third kappa shape index (κ3) is 20.3. The van der Waals surface area contributed by atoms with Gasteiger partial charge in [0.2, 0.25) is 23.6 Å². The van der Waals surface area contributed by atoms with E-state index in [1.54, 1.807) is 57.7 Å². The molecule has 22 heteroatoms. The minimum absolute atomic E-state index is 0.0776. The number of ether oxygens (including phenoxy) is 2. The number of carbonyl (C=O) groups is 5. The lowest BCUT2D eigenvalue weighted by Crippen LogP contribution is -2.57. The summed E-state index contributed by atoms with van der Waals surface area (Å²) in [6.45, 7) is 12.3. The average molecular weight is 1200 g/mol. The quantitative estimate of drug-likeness (QED) is 0.0272. The number of halogens is 2. The number of hydrogen-bond acceptors (Lipinski definition) is 14. The first-order valence-corrected chi connectivity index (χ1v) is 30.9. The number of aryl methyl sites for hydroxylation is 1. The van der Waals surface area contributed by atoms with Crippen molar-refractivity contribution in [2.24, 2.45) is 5.41 Å². The number of nitrogens with one attached hydrogen (secondary N) is 4. The number of thiazole rings is 1. The number of aromatic nitrogens is 6. The Bertz CT molecular complexity index is 3100. The number of rotatable bonds is 35. The molecule has 4 N–H and O–H groups in total. The van der Waals surface area contributed by atoms with Crippen LogP contribution in [-0.4, -0.2) is 128 Å². The van der Waals surface area contributed by atoms with E-state index in [0.29, 0.717) is 113 Å². The standard InChI is InChI=1S/C64H84F2N12O7S/c1-45-58(86-44-72-45)47-28-26-46(27-29-47)40-69-62(82)54-23-17-33-77(54)63(83)59(64(2,3)4)73-56(79)24-9-6-11-35-84-37-13-8-14-38-85-36-12-7-10-25-57(80)76(5)32-18-34-78-55(74-75-60(78)53-30-31-67-43-71-53)42-68-49-20-15-19-48(39-49)61(81)70-41-50-51(65)21-16-22-52(50)66/h15-16,19-22,26-31,39,43-44,54,59,68H,6-14,17-18,23-25,32-38,40-42H2,1-5H3,(H,69,82)(H,70,81)(H,73,79)/t54-,59?/m0/s1. The smallest absolute Gasteiger partial charge is 0.251 e. The summed E-state index contributed by atoms with van der Waals surface area (Å²) >= 11 is 1.60. The van der Waals surface area contributed by atoms with Crippen molar-refractivity contribution in [2.75, 3.05) is 51.9 Å². The molecule has 3 aromatic carbocycles. The Kier molecular flexibility index (Phi) is 26.0. The second kappa shape index (κ2) is 34.0. The molecule has 462 valence electrons. The molecular formula is C64H84F2N12O7S. The van der Waals surface area contributed by atoms with Crippen LogP contribution in [-0.2, 0) is 54.8 Å². The Morgan fingerprint density at radius 3 is 2.13 bits per heavy atom. The van der Waals surface area contributed by atoms with Crippen molar-refractivity contribution < 1.29 is 42.2 Å². The van der Waals surface area contributed by atoms with Gasteiger partial charge in [-0.2, -0.15) is 0 Å². The molecule has 19 nitrogen and oxygen atoms in total. The second-order valence-electron chi connectivity index (χ2n) is 22.8. The van der Waals surface area contributed by atoms with Gasteiger partial charge in [0.15, 0.2) is 11.6 Å². The maximum atomic E-state index is 14.1. The van der Waals surface area contributed by atoms with Crippen LogP contribution in [0.2, 0.25) is 0 Å². The summed E-state index contributed by atoms with van der Waals surface area (Å²) in [5, 5.41) is 20.8. The van der Waals surface area contributed by atoms with Crippen molar-refractivity contribution in [1.82, 2.24) is 55.5 Å². The van der Waals surface area contributed by atoms with Crippen LogP contribution >= 0.6 is 11.3 Å². The third-order valence-electron chi connectivity index (χ3n) is 15.1. The lowest BCUT2D eigenvalue weighted by Gasteiger charge is -2.35. The molecule has 86 heavy (non-hydrogen) atoms. The largest absolute Gasteiger partial charge is 0.381 e. The van der Waals surface area contributed by atoms with E-state index in [0.717, 1.165) is 91.6 Å². The van der Waals surface area contributed by atoms with Crippen LogP contribution in [0, 0.1) is 24.0 Å². The number of amides is 5. The first-order valence-electron chi connectivity index (χ1n) is 30.1. The van der Waals surface area contributed by atoms with Crippen LogP contribution in [0.3, 0.4) is 0 Å². The molecule has 1 unspecified atom stereocenters. The molecule has 1 saturated heterocycles. The second-order valence-corrected chi connectivity index (χ2v) is 23.7. The number of unbranched alkanes of at least 4 members (excludes halogenated alkanes) is 6. The zero-order valence-corrected chi connectivity index (χ0v) is 51.2. The Balaban J connectivity index is 0.691. The molecule has 2 atom stereocenters. The fourth-order valence-electron chi connectivity index (χ4n) is 10.1. The van der Waals surface area contributed by atoms with Crippen molar-refractivity contribution in [3.63, 3.8) is 0 Å². The number of carbonyl (C=O) groups excluding carboxylic acids is 5. The van der Waals surface area contributed by atoms with Gasteiger partial charge in [0.1, 0.15) is 35.7 Å². The number of hydrogen-bond donors (Lipinski definition) is 4. The van der Waals surface area contributed by atoms with Crippen molar-refractivity contribution >= 4 is 46.6 Å². The van der Waals surface area contributed by atoms with Gasteiger partial charge in [0, 0.05) is 102 Å². The SMILES string of the molecule is Cc1ncsc1-c1ccc(CNC(=O)[C@@H]2CCCN2C(=O)C(NC(=O)CCCCCOCCCCCOCCCCCC(=O)N(C)CCCn2c(CNc3cccc(C(=O)NCc4c(F)cccc4F)c3)nnc2-c2ccncn2)C(C)(C)C)cc1. The predicted molar refractivity (Wildman–Crippen MR) is 327 cm³/mol. The fraction of sp³-hybridized carbons (Fsp3) is 0.500. The third-order valence-corrected chi connectivity index (χ3v) is 16.1. The lowest BCUT2D eigenvalue weighted by atomic mass is 9.85. The molecule has 0 bridgehead atoms. The van der Waals surface area contributed by atoms with Gasteiger partial charge in [0.05, 0.1) is 22.6 Å². The summed E-state index contributed by atoms with van der Waals surface area (Å²) in [7, 11) is 1.81. The molecule has 3 aromatic heterocycles. The topological polar surface area (TPSA) is 228 Å². The number of likely N-dealkylation sites (tertiary alicyclic amines) is 1. The van der Waals surface area contributed by atoms with E-state index in [1.165, 1.54) is 12.4 Å². The monoisotopic (exact) mass is 1200 g/mol. The number of benzene rings is 3. The lowest BCUT2D eigenvalue weighted by molar-refractivity contribution is -0.144. The van der Waals surface area contributed by atoms with Gasteiger partial charge in [-0.3, -0.25) is 24.0 Å². The molecule has 1 aliphatic rings. The summed E-state index contributed by atoms with van der Waals surface area (Å²) in [6.07, 6.45) is 13.6. The van der Waals surface area contributed by atoms with Crippen LogP contribution < -0.4 is 21.3 Å². The van der Waals surface area contributed by atoms with Gasteiger partial charge in [0.25, 0.3) is 5.91 Å². The molecule has 1 aliphatic heterocycles. The van der Waals surface area contributed by atoms with Crippen LogP contribution in [0.5, 0.6) is 0 Å². The molecule has 0 aliphatic carbocycles. The molecule has 6 aromatic rings. The van der Waals surface area contributed by atoms with Gasteiger partial charge in [-0.25, -0.2) is 23.7 Å². The summed E-state index contributed by atoms with van der Waals surface area (Å²) in [5.74, 6) is -1.26. The number of nitrogens with zero attached hydrogens (tertiary/aromatic N) is 8. The molecule has 4 heterocycles. The summed E-state index contributed by atoms with van der Waals surface area (Å²) < 4.78 is 41.9. The van der Waals surface area contributed by atoms with Crippen LogP contribution in [0.4, 0.5) is 14.5 Å². The zero-order chi connectivity index (χ0) is 61.3. The Morgan fingerprint density at radius 2 is 1.47 bits per heavy atom. The highest BCUT2D eigenvalue weighted by molar-refractivity contribution is 7.13. The molecule has 0 radical (unpaired) electrons. The van der Waals surface area contributed by atoms with Gasteiger partial charge in [-0.05, 0) is 124 Å². The summed E-state index contributed by atoms with van der Waals surface area (Å²) in [4.78, 5) is 83.8. The van der Waals surface area contributed by atoms with Crippen molar-refractivity contribution in [3.05, 3.63) is 131 Å². The van der Waals surface area contributed by atoms with E-state index in [9.17, 15) is 32.8 Å². The Labute approximate surface area is 507 Å². The average Bonchev–Trinajstić information content (AvgIpc) is 3.61. The first-order chi connectivity index (χ1) is 41.6. The Morgan fingerprint density at radius 1 is 0.779 bits per heavy atom. The maximum absolute atomic E-state index is 14.1. The van der Waals surface area contributed by atoms with E-state index < -0.39 is 35.0 Å². The normalized spacial score (nSPS) is 13.6. The Hall–Kier alpha value is -7.56. The van der Waals surface area contributed by atoms with E-state index >= 15 is 0 Å². The van der Waals surface area contributed by atoms with Crippen LogP contribution in [0.1, 0.15) is 144 Å².